The molecule has 27 heavy (non-hydrogen) atoms. The summed E-state index contributed by atoms with van der Waals surface area (Å²) in [6.45, 7) is 0.274. The van der Waals surface area contributed by atoms with Gasteiger partial charge < -0.3 is 14.6 Å². The molecule has 1 heterocycles. The van der Waals surface area contributed by atoms with E-state index in [0.717, 1.165) is 11.1 Å². The smallest absolute Gasteiger partial charge is 0.266 e. The van der Waals surface area contributed by atoms with Gasteiger partial charge in [-0.1, -0.05) is 42.5 Å². The van der Waals surface area contributed by atoms with E-state index in [1.807, 2.05) is 24.3 Å². The standard InChI is InChI=1S/C20H18N2O4S/c1-21-20-22(2)18(23)17(27-20)11-15-5-3-4-6-16(15)26-12-13-7-9-14(10-8-13)19(24)25/h3-11H,12H2,1-2H3,(H,24,25)/p-1/b17-11+,21-20?. The molecule has 0 bridgehead atoms. The van der Waals surface area contributed by atoms with E-state index in [1.165, 1.54) is 28.8 Å². The van der Waals surface area contributed by atoms with Crippen molar-refractivity contribution in [2.24, 2.45) is 4.99 Å². The van der Waals surface area contributed by atoms with E-state index < -0.39 is 5.97 Å². The minimum Gasteiger partial charge on any atom is -0.545 e. The molecule has 1 fully saturated rings. The van der Waals surface area contributed by atoms with Crippen LogP contribution in [0.3, 0.4) is 0 Å². The number of ether oxygens (including phenoxy) is 1. The molecule has 0 saturated carbocycles. The van der Waals surface area contributed by atoms with E-state index in [1.54, 1.807) is 32.3 Å². The molecule has 1 aliphatic heterocycles. The molecule has 0 aliphatic carbocycles. The van der Waals surface area contributed by atoms with Crippen LogP contribution in [0.2, 0.25) is 0 Å². The number of amidine groups is 1. The molecule has 0 N–H and O–H groups in total. The van der Waals surface area contributed by atoms with Crippen LogP contribution in [0.4, 0.5) is 0 Å². The molecule has 2 aromatic rings. The fraction of sp³-hybridized carbons (Fsp3) is 0.150. The zero-order chi connectivity index (χ0) is 19.4. The van der Waals surface area contributed by atoms with Crippen LogP contribution in [0.15, 0.2) is 58.4 Å². The number of para-hydroxylation sites is 1. The second kappa shape index (κ2) is 8.09. The Hall–Kier alpha value is -3.06. The van der Waals surface area contributed by atoms with Crippen LogP contribution < -0.4 is 9.84 Å². The number of nitrogens with zero attached hydrogens (tertiary/aromatic N) is 2. The van der Waals surface area contributed by atoms with Crippen molar-refractivity contribution in [3.8, 4) is 5.75 Å². The molecule has 138 valence electrons. The molecule has 7 heteroatoms. The number of hydrogen-bond donors (Lipinski definition) is 0. The van der Waals surface area contributed by atoms with Gasteiger partial charge in [0.2, 0.25) is 0 Å². The highest BCUT2D eigenvalue weighted by Gasteiger charge is 2.29. The molecule has 1 amide bonds. The normalized spacial score (nSPS) is 17.0. The number of rotatable bonds is 5. The molecule has 1 aliphatic rings. The summed E-state index contributed by atoms with van der Waals surface area (Å²) >= 11 is 1.32. The van der Waals surface area contributed by atoms with Crippen molar-refractivity contribution in [1.82, 2.24) is 4.90 Å². The lowest BCUT2D eigenvalue weighted by Crippen LogP contribution is -2.23. The first kappa shape index (κ1) is 18.7. The second-order valence-corrected chi connectivity index (χ2v) is 6.80. The monoisotopic (exact) mass is 381 g/mol. The number of aliphatic imine (C=N–C) groups is 1. The maximum absolute atomic E-state index is 12.3. The molecule has 0 radical (unpaired) electrons. The third-order valence-corrected chi connectivity index (χ3v) is 5.14. The summed E-state index contributed by atoms with van der Waals surface area (Å²) in [5, 5.41) is 11.5. The van der Waals surface area contributed by atoms with Crippen LogP contribution in [-0.4, -0.2) is 36.0 Å². The van der Waals surface area contributed by atoms with Gasteiger partial charge in [0.05, 0.1) is 10.9 Å². The van der Waals surface area contributed by atoms with Crippen LogP contribution >= 0.6 is 11.8 Å². The van der Waals surface area contributed by atoms with Crippen molar-refractivity contribution in [2.45, 2.75) is 6.61 Å². The Labute approximate surface area is 161 Å². The lowest BCUT2D eigenvalue weighted by Gasteiger charge is -2.10. The number of thioether (sulfide) groups is 1. The number of likely N-dealkylation sites (N-methyl/N-ethyl adjacent to an activating group) is 1. The SMILES string of the molecule is CN=C1S/C(=C/c2ccccc2OCc2ccc(C(=O)[O-])cc2)C(=O)N1C. The van der Waals surface area contributed by atoms with Crippen molar-refractivity contribution >= 4 is 34.9 Å². The number of carbonyl (C=O) groups excluding carboxylic acids is 2. The first-order valence-electron chi connectivity index (χ1n) is 8.16. The maximum Gasteiger partial charge on any atom is 0.266 e. The van der Waals surface area contributed by atoms with Crippen molar-refractivity contribution in [1.29, 1.82) is 0 Å². The average Bonchev–Trinajstić information content (AvgIpc) is 2.95. The Bertz CT molecular complexity index is 935. The van der Waals surface area contributed by atoms with Gasteiger partial charge in [0.25, 0.3) is 5.91 Å². The molecular formula is C20H17N2O4S-. The van der Waals surface area contributed by atoms with E-state index in [0.29, 0.717) is 15.8 Å². The van der Waals surface area contributed by atoms with Crippen molar-refractivity contribution < 1.29 is 19.4 Å². The molecule has 0 aromatic heterocycles. The third kappa shape index (κ3) is 4.20. The Kier molecular flexibility index (Phi) is 5.61. The maximum atomic E-state index is 12.3. The van der Waals surface area contributed by atoms with Gasteiger partial charge >= 0.3 is 0 Å². The third-order valence-electron chi connectivity index (χ3n) is 3.98. The van der Waals surface area contributed by atoms with E-state index in [4.69, 9.17) is 4.74 Å². The lowest BCUT2D eigenvalue weighted by atomic mass is 10.1. The predicted molar refractivity (Wildman–Crippen MR) is 103 cm³/mol. The van der Waals surface area contributed by atoms with Crippen molar-refractivity contribution in [3.05, 3.63) is 70.1 Å². The van der Waals surface area contributed by atoms with E-state index >= 15 is 0 Å². The van der Waals surface area contributed by atoms with E-state index in [9.17, 15) is 14.7 Å². The van der Waals surface area contributed by atoms with Crippen LogP contribution in [0.25, 0.3) is 6.08 Å². The summed E-state index contributed by atoms with van der Waals surface area (Å²) in [5.41, 5.74) is 1.73. The molecule has 0 spiro atoms. The number of aromatic carboxylic acids is 1. The number of carbonyl (C=O) groups is 2. The first-order chi connectivity index (χ1) is 13.0. The molecule has 0 atom stereocenters. The lowest BCUT2D eigenvalue weighted by molar-refractivity contribution is -0.255. The van der Waals surface area contributed by atoms with Gasteiger partial charge in [0, 0.05) is 19.7 Å². The Morgan fingerprint density at radius 3 is 2.56 bits per heavy atom. The largest absolute Gasteiger partial charge is 0.545 e. The Balaban J connectivity index is 1.77. The Morgan fingerprint density at radius 1 is 1.22 bits per heavy atom. The van der Waals surface area contributed by atoms with E-state index in [2.05, 4.69) is 4.99 Å². The Morgan fingerprint density at radius 2 is 1.93 bits per heavy atom. The molecule has 0 unspecified atom stereocenters. The average molecular weight is 381 g/mol. The fourth-order valence-corrected chi connectivity index (χ4v) is 3.44. The summed E-state index contributed by atoms with van der Waals surface area (Å²) in [7, 11) is 3.34. The number of carboxylic acids is 1. The molecule has 2 aromatic carbocycles. The second-order valence-electron chi connectivity index (χ2n) is 5.79. The van der Waals surface area contributed by atoms with Gasteiger partial charge in [-0.2, -0.15) is 0 Å². The van der Waals surface area contributed by atoms with Crippen molar-refractivity contribution in [3.63, 3.8) is 0 Å². The first-order valence-corrected chi connectivity index (χ1v) is 8.97. The molecule has 3 rings (SSSR count). The minimum absolute atomic E-state index is 0.103. The summed E-state index contributed by atoms with van der Waals surface area (Å²) in [6, 6.07) is 13.8. The highest BCUT2D eigenvalue weighted by molar-refractivity contribution is 8.18. The van der Waals surface area contributed by atoms with Crippen LogP contribution in [0.1, 0.15) is 21.5 Å². The molecule has 6 nitrogen and oxygen atoms in total. The zero-order valence-electron chi connectivity index (χ0n) is 14.8. The number of amides is 1. The quantitative estimate of drug-likeness (QED) is 0.742. The number of benzene rings is 2. The minimum atomic E-state index is -1.21. The van der Waals surface area contributed by atoms with Crippen molar-refractivity contribution in [2.75, 3.05) is 14.1 Å². The summed E-state index contributed by atoms with van der Waals surface area (Å²) in [6.07, 6.45) is 1.79. The molecular weight excluding hydrogens is 364 g/mol. The van der Waals surface area contributed by atoms with Gasteiger partial charge in [-0.05, 0) is 35.0 Å². The highest BCUT2D eigenvalue weighted by atomic mass is 32.2. The van der Waals surface area contributed by atoms with Crippen LogP contribution in [0.5, 0.6) is 5.75 Å². The van der Waals surface area contributed by atoms with Gasteiger partial charge in [-0.25, -0.2) is 0 Å². The van der Waals surface area contributed by atoms with Crippen LogP contribution in [0, 0.1) is 0 Å². The number of hydrogen-bond acceptors (Lipinski definition) is 6. The number of carboxylic acid groups (broad SMARTS) is 1. The van der Waals surface area contributed by atoms with E-state index in [-0.39, 0.29) is 18.1 Å². The van der Waals surface area contributed by atoms with Gasteiger partial charge in [-0.3, -0.25) is 14.7 Å². The highest BCUT2D eigenvalue weighted by Crippen LogP contribution is 2.33. The van der Waals surface area contributed by atoms with Gasteiger partial charge in [0.1, 0.15) is 12.4 Å². The fourth-order valence-electron chi connectivity index (χ4n) is 2.52. The summed E-state index contributed by atoms with van der Waals surface area (Å²) in [5.74, 6) is -0.682. The predicted octanol–water partition coefficient (Wildman–Crippen LogP) is 2.16. The zero-order valence-corrected chi connectivity index (χ0v) is 15.7. The summed E-state index contributed by atoms with van der Waals surface area (Å²) in [4.78, 5) is 29.3. The summed E-state index contributed by atoms with van der Waals surface area (Å²) < 4.78 is 5.88. The van der Waals surface area contributed by atoms with Gasteiger partial charge in [-0.15, -0.1) is 0 Å². The van der Waals surface area contributed by atoms with Gasteiger partial charge in [0.15, 0.2) is 5.17 Å². The van der Waals surface area contributed by atoms with Crippen LogP contribution in [-0.2, 0) is 11.4 Å². The topological polar surface area (TPSA) is 82.0 Å². The molecule has 1 saturated heterocycles.